The first-order valence-electron chi connectivity index (χ1n) is 5.41. The summed E-state index contributed by atoms with van der Waals surface area (Å²) in [4.78, 5) is 0. The lowest BCUT2D eigenvalue weighted by Gasteiger charge is -2.26. The average Bonchev–Trinajstić information content (AvgIpc) is 2.77. The Bertz CT molecular complexity index is 341. The van der Waals surface area contributed by atoms with Gasteiger partial charge in [-0.2, -0.15) is 11.8 Å². The molecule has 0 amide bonds. The summed E-state index contributed by atoms with van der Waals surface area (Å²) in [6.07, 6.45) is 3.52. The number of rotatable bonds is 3. The molecule has 1 aromatic heterocycles. The third-order valence-electron chi connectivity index (χ3n) is 3.02. The van der Waals surface area contributed by atoms with E-state index in [1.54, 1.807) is 6.20 Å². The van der Waals surface area contributed by atoms with Gasteiger partial charge in [0.2, 0.25) is 0 Å². The predicted octanol–water partition coefficient (Wildman–Crippen LogP) is 1.40. The van der Waals surface area contributed by atoms with Gasteiger partial charge in [0.25, 0.3) is 0 Å². The summed E-state index contributed by atoms with van der Waals surface area (Å²) in [5, 5.41) is 18.8. The molecule has 5 heteroatoms. The molecule has 0 spiro atoms. The Kier molecular flexibility index (Phi) is 3.02. The standard InChI is InChI=1S/C10H17N3OS/c1-3-5-13-9(7-11-12-13)10(14)4-6-15-8(10)2/h7-8,14H,3-6H2,1-2H3. The van der Waals surface area contributed by atoms with E-state index in [0.717, 1.165) is 30.8 Å². The minimum absolute atomic E-state index is 0.228. The van der Waals surface area contributed by atoms with Crippen molar-refractivity contribution in [2.24, 2.45) is 0 Å². The molecular weight excluding hydrogens is 210 g/mol. The van der Waals surface area contributed by atoms with Crippen molar-refractivity contribution in [3.8, 4) is 0 Å². The molecule has 0 aromatic carbocycles. The van der Waals surface area contributed by atoms with Crippen molar-refractivity contribution in [1.29, 1.82) is 0 Å². The molecule has 1 saturated heterocycles. The third-order valence-corrected chi connectivity index (χ3v) is 4.35. The van der Waals surface area contributed by atoms with Gasteiger partial charge in [-0.3, -0.25) is 0 Å². The highest BCUT2D eigenvalue weighted by molar-refractivity contribution is 8.00. The Morgan fingerprint density at radius 2 is 2.53 bits per heavy atom. The number of hydrogen-bond donors (Lipinski definition) is 1. The molecule has 1 aromatic rings. The summed E-state index contributed by atoms with van der Waals surface area (Å²) in [5.41, 5.74) is 0.144. The fraction of sp³-hybridized carbons (Fsp3) is 0.800. The summed E-state index contributed by atoms with van der Waals surface area (Å²) >= 11 is 1.81. The molecule has 84 valence electrons. The van der Waals surface area contributed by atoms with Gasteiger partial charge < -0.3 is 5.11 Å². The van der Waals surface area contributed by atoms with Crippen LogP contribution in [0.15, 0.2) is 6.20 Å². The van der Waals surface area contributed by atoms with Crippen LogP contribution in [0, 0.1) is 0 Å². The van der Waals surface area contributed by atoms with Gasteiger partial charge in [-0.1, -0.05) is 19.1 Å². The quantitative estimate of drug-likeness (QED) is 0.848. The summed E-state index contributed by atoms with van der Waals surface area (Å²) in [6.45, 7) is 5.00. The SMILES string of the molecule is CCCn1nncc1C1(O)CCSC1C. The molecule has 1 fully saturated rings. The van der Waals surface area contributed by atoms with Crippen molar-refractivity contribution >= 4 is 11.8 Å². The van der Waals surface area contributed by atoms with Crippen LogP contribution in [-0.4, -0.2) is 31.1 Å². The second kappa shape index (κ2) is 4.14. The van der Waals surface area contributed by atoms with E-state index >= 15 is 0 Å². The molecule has 15 heavy (non-hydrogen) atoms. The molecule has 0 saturated carbocycles. The van der Waals surface area contributed by atoms with Crippen molar-refractivity contribution in [2.45, 2.75) is 44.1 Å². The third kappa shape index (κ3) is 1.78. The van der Waals surface area contributed by atoms with Crippen LogP contribution < -0.4 is 0 Å². The zero-order valence-corrected chi connectivity index (χ0v) is 10.00. The van der Waals surface area contributed by atoms with Crippen molar-refractivity contribution in [2.75, 3.05) is 5.75 Å². The monoisotopic (exact) mass is 227 g/mol. The first kappa shape index (κ1) is 11.0. The van der Waals surface area contributed by atoms with Gasteiger partial charge in [-0.15, -0.1) is 5.10 Å². The van der Waals surface area contributed by atoms with E-state index in [1.165, 1.54) is 0 Å². The average molecular weight is 227 g/mol. The number of nitrogens with zero attached hydrogens (tertiary/aromatic N) is 3. The van der Waals surface area contributed by atoms with Crippen molar-refractivity contribution in [3.05, 3.63) is 11.9 Å². The molecule has 0 bridgehead atoms. The minimum Gasteiger partial charge on any atom is -0.382 e. The maximum absolute atomic E-state index is 10.6. The fourth-order valence-corrected chi connectivity index (χ4v) is 3.34. The Morgan fingerprint density at radius 1 is 1.73 bits per heavy atom. The second-order valence-corrected chi connectivity index (χ2v) is 5.48. The molecular formula is C10H17N3OS. The van der Waals surface area contributed by atoms with E-state index in [0.29, 0.717) is 0 Å². The van der Waals surface area contributed by atoms with Crippen molar-refractivity contribution < 1.29 is 5.11 Å². The van der Waals surface area contributed by atoms with E-state index in [9.17, 15) is 5.11 Å². The summed E-state index contributed by atoms with van der Waals surface area (Å²) in [7, 11) is 0. The topological polar surface area (TPSA) is 50.9 Å². The van der Waals surface area contributed by atoms with E-state index in [2.05, 4.69) is 24.2 Å². The number of aliphatic hydroxyl groups is 1. The number of aryl methyl sites for hydroxylation is 1. The van der Waals surface area contributed by atoms with Crippen LogP contribution in [0.25, 0.3) is 0 Å². The molecule has 0 radical (unpaired) electrons. The van der Waals surface area contributed by atoms with Gasteiger partial charge in [0.05, 0.1) is 11.9 Å². The smallest absolute Gasteiger partial charge is 0.120 e. The van der Waals surface area contributed by atoms with E-state index in [4.69, 9.17) is 0 Å². The minimum atomic E-state index is -0.733. The van der Waals surface area contributed by atoms with Crippen LogP contribution in [-0.2, 0) is 12.1 Å². The maximum atomic E-state index is 10.6. The molecule has 4 nitrogen and oxygen atoms in total. The Morgan fingerprint density at radius 3 is 3.13 bits per heavy atom. The normalized spacial score (nSPS) is 31.0. The molecule has 2 rings (SSSR count). The number of thioether (sulfide) groups is 1. The Hall–Kier alpha value is -0.550. The van der Waals surface area contributed by atoms with Crippen LogP contribution in [0.1, 0.15) is 32.4 Å². The predicted molar refractivity (Wildman–Crippen MR) is 60.7 cm³/mol. The van der Waals surface area contributed by atoms with Crippen molar-refractivity contribution in [1.82, 2.24) is 15.0 Å². The molecule has 1 aliphatic rings. The van der Waals surface area contributed by atoms with E-state index in [-0.39, 0.29) is 5.25 Å². The highest BCUT2D eigenvalue weighted by Crippen LogP contribution is 2.42. The maximum Gasteiger partial charge on any atom is 0.120 e. The van der Waals surface area contributed by atoms with E-state index in [1.807, 2.05) is 16.4 Å². The Labute approximate surface area is 94.1 Å². The zero-order valence-electron chi connectivity index (χ0n) is 9.18. The van der Waals surface area contributed by atoms with Crippen LogP contribution in [0.4, 0.5) is 0 Å². The number of hydrogen-bond acceptors (Lipinski definition) is 4. The number of aromatic nitrogens is 3. The van der Waals surface area contributed by atoms with Crippen molar-refractivity contribution in [3.63, 3.8) is 0 Å². The lowest BCUT2D eigenvalue weighted by molar-refractivity contribution is 0.0332. The molecule has 0 aliphatic carbocycles. The second-order valence-electron chi connectivity index (χ2n) is 4.03. The van der Waals surface area contributed by atoms with Gasteiger partial charge in [0.1, 0.15) is 5.60 Å². The highest BCUT2D eigenvalue weighted by Gasteiger charge is 2.43. The van der Waals surface area contributed by atoms with Crippen LogP contribution in [0.3, 0.4) is 0 Å². The first-order valence-corrected chi connectivity index (χ1v) is 6.46. The summed E-state index contributed by atoms with van der Waals surface area (Å²) < 4.78 is 1.84. The lowest BCUT2D eigenvalue weighted by Crippen LogP contribution is -2.34. The highest BCUT2D eigenvalue weighted by atomic mass is 32.2. The summed E-state index contributed by atoms with van der Waals surface area (Å²) in [6, 6.07) is 0. The fourth-order valence-electron chi connectivity index (χ4n) is 2.04. The molecule has 2 atom stereocenters. The molecule has 1 N–H and O–H groups in total. The van der Waals surface area contributed by atoms with Crippen LogP contribution in [0.2, 0.25) is 0 Å². The molecule has 2 heterocycles. The lowest BCUT2D eigenvalue weighted by atomic mass is 9.93. The zero-order chi connectivity index (χ0) is 10.9. The Balaban J connectivity index is 2.31. The molecule has 1 aliphatic heterocycles. The van der Waals surface area contributed by atoms with Gasteiger partial charge in [-0.25, -0.2) is 4.68 Å². The van der Waals surface area contributed by atoms with E-state index < -0.39 is 5.60 Å². The van der Waals surface area contributed by atoms with Gasteiger partial charge in [0, 0.05) is 11.8 Å². The molecule has 2 unspecified atom stereocenters. The summed E-state index contributed by atoms with van der Waals surface area (Å²) in [5.74, 6) is 1.01. The van der Waals surface area contributed by atoms with Gasteiger partial charge >= 0.3 is 0 Å². The largest absolute Gasteiger partial charge is 0.382 e. The van der Waals surface area contributed by atoms with Gasteiger partial charge in [0.15, 0.2) is 0 Å². The van der Waals surface area contributed by atoms with Crippen LogP contribution >= 0.6 is 11.8 Å². The van der Waals surface area contributed by atoms with Crippen LogP contribution in [0.5, 0.6) is 0 Å². The first-order chi connectivity index (χ1) is 7.18. The van der Waals surface area contributed by atoms with Gasteiger partial charge in [-0.05, 0) is 18.6 Å².